The van der Waals surface area contributed by atoms with Gasteiger partial charge in [0, 0.05) is 13.5 Å². The Morgan fingerprint density at radius 2 is 1.96 bits per heavy atom. The molecule has 138 valence electrons. The number of carbonyl (C=O) groups is 4. The molecule has 0 bridgehead atoms. The molecule has 2 heterocycles. The van der Waals surface area contributed by atoms with E-state index in [0.29, 0.717) is 17.7 Å². The Hall–Kier alpha value is -2.90. The number of anilines is 1. The van der Waals surface area contributed by atoms with Crippen LogP contribution in [0.2, 0.25) is 0 Å². The maximum absolute atomic E-state index is 13.0. The van der Waals surface area contributed by atoms with E-state index >= 15 is 0 Å². The standard InChI is InChI=1S/C18H21N3O5/c1-11(17(25)26)19(3)15(23)10-20-16(24)12-6-4-5-7-13(12)21-14(22)8-9-18(20,21)2/h4-7,11H,8-10H2,1-3H3,(H,25,26). The van der Waals surface area contributed by atoms with Gasteiger partial charge in [-0.1, -0.05) is 12.1 Å². The molecular formula is C18H21N3O5. The summed E-state index contributed by atoms with van der Waals surface area (Å²) in [5.41, 5.74) is -0.0220. The van der Waals surface area contributed by atoms with Gasteiger partial charge in [0.15, 0.2) is 0 Å². The predicted molar refractivity (Wildman–Crippen MR) is 92.5 cm³/mol. The first-order valence-corrected chi connectivity index (χ1v) is 8.41. The number of amides is 3. The van der Waals surface area contributed by atoms with Crippen LogP contribution in [0.1, 0.15) is 37.0 Å². The van der Waals surface area contributed by atoms with Crippen molar-refractivity contribution in [2.45, 2.75) is 38.4 Å². The van der Waals surface area contributed by atoms with E-state index in [9.17, 15) is 19.2 Å². The number of fused-ring (bicyclic) bond motifs is 3. The number of nitrogens with zero attached hydrogens (tertiary/aromatic N) is 3. The monoisotopic (exact) mass is 359 g/mol. The van der Waals surface area contributed by atoms with Gasteiger partial charge in [0.25, 0.3) is 5.91 Å². The first-order chi connectivity index (χ1) is 12.2. The fourth-order valence-corrected chi connectivity index (χ4v) is 3.57. The van der Waals surface area contributed by atoms with Gasteiger partial charge in [0.1, 0.15) is 18.2 Å². The largest absolute Gasteiger partial charge is 0.480 e. The molecule has 1 aromatic rings. The van der Waals surface area contributed by atoms with Gasteiger partial charge >= 0.3 is 5.97 Å². The highest BCUT2D eigenvalue weighted by Gasteiger charge is 2.53. The molecule has 1 fully saturated rings. The summed E-state index contributed by atoms with van der Waals surface area (Å²) in [6.45, 7) is 2.88. The first kappa shape index (κ1) is 17.9. The van der Waals surface area contributed by atoms with E-state index in [2.05, 4.69) is 0 Å². The number of benzene rings is 1. The van der Waals surface area contributed by atoms with E-state index in [4.69, 9.17) is 5.11 Å². The highest BCUT2D eigenvalue weighted by Crippen LogP contribution is 2.43. The molecule has 8 nitrogen and oxygen atoms in total. The van der Waals surface area contributed by atoms with E-state index in [1.54, 1.807) is 36.1 Å². The molecule has 2 unspecified atom stereocenters. The predicted octanol–water partition coefficient (Wildman–Crippen LogP) is 0.917. The maximum atomic E-state index is 13.0. The van der Waals surface area contributed by atoms with Crippen molar-refractivity contribution in [2.24, 2.45) is 0 Å². The molecular weight excluding hydrogens is 338 g/mol. The lowest BCUT2D eigenvalue weighted by Crippen LogP contribution is -2.64. The molecule has 0 saturated carbocycles. The number of hydrogen-bond acceptors (Lipinski definition) is 4. The minimum atomic E-state index is -1.12. The molecule has 0 spiro atoms. The Labute approximate surface area is 151 Å². The molecule has 3 rings (SSSR count). The highest BCUT2D eigenvalue weighted by molar-refractivity contribution is 6.11. The van der Waals surface area contributed by atoms with Crippen LogP contribution in [0, 0.1) is 0 Å². The number of para-hydroxylation sites is 1. The van der Waals surface area contributed by atoms with Crippen LogP contribution in [-0.4, -0.2) is 63.9 Å². The van der Waals surface area contributed by atoms with E-state index in [1.165, 1.54) is 18.9 Å². The van der Waals surface area contributed by atoms with Gasteiger partial charge in [-0.2, -0.15) is 0 Å². The van der Waals surface area contributed by atoms with E-state index < -0.39 is 23.6 Å². The van der Waals surface area contributed by atoms with Crippen molar-refractivity contribution in [1.29, 1.82) is 0 Å². The van der Waals surface area contributed by atoms with Crippen molar-refractivity contribution in [3.05, 3.63) is 29.8 Å². The fourth-order valence-electron chi connectivity index (χ4n) is 3.57. The molecule has 1 saturated heterocycles. The van der Waals surface area contributed by atoms with Gasteiger partial charge in [-0.05, 0) is 32.4 Å². The van der Waals surface area contributed by atoms with Crippen LogP contribution >= 0.6 is 0 Å². The normalized spacial score (nSPS) is 22.7. The minimum absolute atomic E-state index is 0.0999. The lowest BCUT2D eigenvalue weighted by Gasteiger charge is -2.48. The molecule has 0 radical (unpaired) electrons. The Morgan fingerprint density at radius 3 is 2.62 bits per heavy atom. The van der Waals surface area contributed by atoms with Crippen LogP contribution in [0.15, 0.2) is 24.3 Å². The third-order valence-electron chi connectivity index (χ3n) is 5.37. The Kier molecular flexibility index (Phi) is 4.21. The highest BCUT2D eigenvalue weighted by atomic mass is 16.4. The van der Waals surface area contributed by atoms with Gasteiger partial charge < -0.3 is 14.9 Å². The van der Waals surface area contributed by atoms with Crippen LogP contribution in [0.3, 0.4) is 0 Å². The summed E-state index contributed by atoms with van der Waals surface area (Å²) in [6.07, 6.45) is 0.696. The van der Waals surface area contributed by atoms with Gasteiger partial charge in [-0.25, -0.2) is 4.79 Å². The van der Waals surface area contributed by atoms with E-state index in [1.807, 2.05) is 0 Å². The van der Waals surface area contributed by atoms with Crippen LogP contribution in [0.4, 0.5) is 5.69 Å². The maximum Gasteiger partial charge on any atom is 0.326 e. The number of carboxylic acid groups (broad SMARTS) is 1. The summed E-state index contributed by atoms with van der Waals surface area (Å²) < 4.78 is 0. The first-order valence-electron chi connectivity index (χ1n) is 8.41. The van der Waals surface area contributed by atoms with Crippen molar-refractivity contribution in [1.82, 2.24) is 9.80 Å². The molecule has 2 aliphatic rings. The van der Waals surface area contributed by atoms with Crippen molar-refractivity contribution in [3.63, 3.8) is 0 Å². The van der Waals surface area contributed by atoms with Crippen LogP contribution < -0.4 is 4.90 Å². The lowest BCUT2D eigenvalue weighted by atomic mass is 9.98. The Balaban J connectivity index is 1.97. The molecule has 2 aliphatic heterocycles. The molecule has 0 aromatic heterocycles. The van der Waals surface area contributed by atoms with Crippen molar-refractivity contribution in [3.8, 4) is 0 Å². The van der Waals surface area contributed by atoms with Crippen molar-refractivity contribution < 1.29 is 24.3 Å². The molecule has 1 N–H and O–H groups in total. The van der Waals surface area contributed by atoms with Crippen LogP contribution in [0.25, 0.3) is 0 Å². The number of aliphatic carboxylic acids is 1. The Bertz CT molecular complexity index is 808. The zero-order valence-electron chi connectivity index (χ0n) is 14.9. The SMILES string of the molecule is CC(C(=O)O)N(C)C(=O)CN1C(=O)c2ccccc2N2C(=O)CCC12C. The second kappa shape index (κ2) is 6.12. The van der Waals surface area contributed by atoms with Crippen LogP contribution in [0.5, 0.6) is 0 Å². The van der Waals surface area contributed by atoms with Crippen LogP contribution in [-0.2, 0) is 14.4 Å². The molecule has 8 heteroatoms. The van der Waals surface area contributed by atoms with Crippen molar-refractivity contribution >= 4 is 29.4 Å². The van der Waals surface area contributed by atoms with E-state index in [0.717, 1.165) is 4.90 Å². The summed E-state index contributed by atoms with van der Waals surface area (Å²) in [7, 11) is 1.39. The number of carbonyl (C=O) groups excluding carboxylic acids is 3. The van der Waals surface area contributed by atoms with Gasteiger partial charge in [0.05, 0.1) is 11.3 Å². The molecule has 0 aliphatic carbocycles. The molecule has 26 heavy (non-hydrogen) atoms. The quantitative estimate of drug-likeness (QED) is 0.862. The summed E-state index contributed by atoms with van der Waals surface area (Å²) in [5.74, 6) is -2.05. The summed E-state index contributed by atoms with van der Waals surface area (Å²) in [5, 5.41) is 9.10. The van der Waals surface area contributed by atoms with E-state index in [-0.39, 0.29) is 24.8 Å². The smallest absolute Gasteiger partial charge is 0.326 e. The molecule has 3 amide bonds. The topological polar surface area (TPSA) is 98.2 Å². The van der Waals surface area contributed by atoms with Gasteiger partial charge in [0.2, 0.25) is 11.8 Å². The third kappa shape index (κ3) is 2.53. The minimum Gasteiger partial charge on any atom is -0.480 e. The second-order valence-electron chi connectivity index (χ2n) is 6.87. The van der Waals surface area contributed by atoms with Gasteiger partial charge in [-0.15, -0.1) is 0 Å². The number of rotatable bonds is 4. The number of carboxylic acids is 1. The average molecular weight is 359 g/mol. The van der Waals surface area contributed by atoms with Gasteiger partial charge in [-0.3, -0.25) is 19.3 Å². The summed E-state index contributed by atoms with van der Waals surface area (Å²) in [6, 6.07) is 5.82. The third-order valence-corrected chi connectivity index (χ3v) is 5.37. The van der Waals surface area contributed by atoms with Crippen molar-refractivity contribution in [2.75, 3.05) is 18.5 Å². The Morgan fingerprint density at radius 1 is 1.31 bits per heavy atom. The second-order valence-corrected chi connectivity index (χ2v) is 6.87. The molecule has 2 atom stereocenters. The zero-order chi connectivity index (χ0) is 19.2. The molecule has 1 aromatic carbocycles. The summed E-state index contributed by atoms with van der Waals surface area (Å²) in [4.78, 5) is 53.3. The lowest BCUT2D eigenvalue weighted by molar-refractivity contribution is -0.148. The number of likely N-dealkylation sites (N-methyl/N-ethyl adjacent to an activating group) is 1. The zero-order valence-corrected chi connectivity index (χ0v) is 14.9. The summed E-state index contributed by atoms with van der Waals surface area (Å²) >= 11 is 0. The fraction of sp³-hybridized carbons (Fsp3) is 0.444. The average Bonchev–Trinajstić information content (AvgIpc) is 2.92. The number of hydrogen-bond donors (Lipinski definition) is 1.